The van der Waals surface area contributed by atoms with Gasteiger partial charge in [-0.1, -0.05) is 12.1 Å². The molecule has 0 spiro atoms. The molecule has 0 aromatic heterocycles. The predicted octanol–water partition coefficient (Wildman–Crippen LogP) is 0.383. The summed E-state index contributed by atoms with van der Waals surface area (Å²) in [5.74, 6) is -1.98. The number of carbonyl (C=O) groups is 4. The third-order valence-electron chi connectivity index (χ3n) is 4.34. The van der Waals surface area contributed by atoms with Gasteiger partial charge in [-0.3, -0.25) is 24.1 Å². The average molecular weight is 345 g/mol. The van der Waals surface area contributed by atoms with E-state index in [1.807, 2.05) is 6.92 Å². The highest BCUT2D eigenvalue weighted by Gasteiger charge is 2.35. The van der Waals surface area contributed by atoms with E-state index in [2.05, 4.69) is 5.32 Å². The van der Waals surface area contributed by atoms with Crippen molar-refractivity contribution in [1.82, 2.24) is 4.90 Å². The fourth-order valence-corrected chi connectivity index (χ4v) is 3.02. The number of likely N-dealkylation sites (tertiary alicyclic amines) is 1. The van der Waals surface area contributed by atoms with Crippen molar-refractivity contribution in [2.45, 2.75) is 13.3 Å². The minimum atomic E-state index is -0.563. The first kappa shape index (κ1) is 16.9. The van der Waals surface area contributed by atoms with Crippen molar-refractivity contribution in [2.24, 2.45) is 5.92 Å². The van der Waals surface area contributed by atoms with Gasteiger partial charge in [-0.05, 0) is 19.1 Å². The molecule has 3 amide bonds. The van der Waals surface area contributed by atoms with Crippen molar-refractivity contribution in [3.05, 3.63) is 24.3 Å². The Hall–Kier alpha value is -2.90. The Balaban J connectivity index is 1.61. The number of hydrogen-bond donors (Lipinski definition) is 1. The zero-order chi connectivity index (χ0) is 18.0. The topological polar surface area (TPSA) is 96.0 Å². The van der Waals surface area contributed by atoms with Crippen LogP contribution in [0.2, 0.25) is 0 Å². The minimum absolute atomic E-state index is 0.0857. The maximum absolute atomic E-state index is 12.4. The predicted molar refractivity (Wildman–Crippen MR) is 88.7 cm³/mol. The molecule has 132 valence electrons. The van der Waals surface area contributed by atoms with Gasteiger partial charge >= 0.3 is 5.97 Å². The van der Waals surface area contributed by atoms with E-state index < -0.39 is 24.4 Å². The summed E-state index contributed by atoms with van der Waals surface area (Å²) >= 11 is 0. The van der Waals surface area contributed by atoms with Crippen molar-refractivity contribution in [3.8, 4) is 0 Å². The van der Waals surface area contributed by atoms with Crippen molar-refractivity contribution in [3.63, 3.8) is 0 Å². The molecule has 0 saturated carbocycles. The van der Waals surface area contributed by atoms with Gasteiger partial charge in [0.05, 0.1) is 17.3 Å². The van der Waals surface area contributed by atoms with Crippen LogP contribution in [0, 0.1) is 5.92 Å². The first-order valence-electron chi connectivity index (χ1n) is 8.13. The molecule has 1 aromatic carbocycles. The maximum atomic E-state index is 12.4. The lowest BCUT2D eigenvalue weighted by molar-refractivity contribution is -0.151. The van der Waals surface area contributed by atoms with Crippen LogP contribution in [-0.4, -0.2) is 54.8 Å². The number of benzene rings is 1. The molecular formula is C17H19N3O5. The highest BCUT2D eigenvalue weighted by atomic mass is 16.5. The average Bonchev–Trinajstić information content (AvgIpc) is 2.99. The lowest BCUT2D eigenvalue weighted by Crippen LogP contribution is -2.44. The third-order valence-corrected chi connectivity index (χ3v) is 4.34. The molecule has 1 unspecified atom stereocenters. The SMILES string of the molecule is CCN1CC(C(=O)OCC(=O)N2CC(=O)Nc3ccccc32)CC1=O. The number of esters is 1. The zero-order valence-electron chi connectivity index (χ0n) is 13.9. The molecule has 1 fully saturated rings. The fourth-order valence-electron chi connectivity index (χ4n) is 3.02. The van der Waals surface area contributed by atoms with Crippen molar-refractivity contribution >= 4 is 35.1 Å². The van der Waals surface area contributed by atoms with Crippen LogP contribution < -0.4 is 10.2 Å². The molecule has 3 rings (SSSR count). The number of amides is 3. The first-order chi connectivity index (χ1) is 12.0. The summed E-state index contributed by atoms with van der Waals surface area (Å²) in [5, 5.41) is 2.69. The van der Waals surface area contributed by atoms with Gasteiger partial charge in [0, 0.05) is 19.5 Å². The molecule has 2 aliphatic rings. The Morgan fingerprint density at radius 1 is 1.28 bits per heavy atom. The lowest BCUT2D eigenvalue weighted by atomic mass is 10.1. The highest BCUT2D eigenvalue weighted by Crippen LogP contribution is 2.29. The van der Waals surface area contributed by atoms with Crippen LogP contribution in [0.15, 0.2) is 24.3 Å². The fraction of sp³-hybridized carbons (Fsp3) is 0.412. The van der Waals surface area contributed by atoms with Crippen LogP contribution in [0.3, 0.4) is 0 Å². The van der Waals surface area contributed by atoms with Crippen LogP contribution in [-0.2, 0) is 23.9 Å². The number of anilines is 2. The zero-order valence-corrected chi connectivity index (χ0v) is 13.9. The standard InChI is InChI=1S/C17H19N3O5/c1-2-19-8-11(7-15(19)22)17(24)25-10-16(23)20-9-14(21)18-12-5-3-4-6-13(12)20/h3-6,11H,2,7-10H2,1H3,(H,18,21). The molecule has 8 heteroatoms. The summed E-state index contributed by atoms with van der Waals surface area (Å²) in [6, 6.07) is 6.92. The van der Waals surface area contributed by atoms with E-state index in [1.54, 1.807) is 29.2 Å². The van der Waals surface area contributed by atoms with Gasteiger partial charge in [0.1, 0.15) is 6.54 Å². The molecule has 1 aromatic rings. The highest BCUT2D eigenvalue weighted by molar-refractivity contribution is 6.10. The van der Waals surface area contributed by atoms with E-state index in [0.29, 0.717) is 24.5 Å². The maximum Gasteiger partial charge on any atom is 0.311 e. The summed E-state index contributed by atoms with van der Waals surface area (Å²) in [6.45, 7) is 2.11. The van der Waals surface area contributed by atoms with Gasteiger partial charge in [-0.2, -0.15) is 0 Å². The first-order valence-corrected chi connectivity index (χ1v) is 8.13. The van der Waals surface area contributed by atoms with Crippen molar-refractivity contribution < 1.29 is 23.9 Å². The number of nitrogens with one attached hydrogen (secondary N) is 1. The minimum Gasteiger partial charge on any atom is -0.455 e. The van der Waals surface area contributed by atoms with E-state index in [-0.39, 0.29) is 24.8 Å². The van der Waals surface area contributed by atoms with Gasteiger partial charge in [-0.15, -0.1) is 0 Å². The molecule has 1 saturated heterocycles. The third kappa shape index (κ3) is 3.47. The summed E-state index contributed by atoms with van der Waals surface area (Å²) in [4.78, 5) is 50.8. The molecular weight excluding hydrogens is 326 g/mol. The molecule has 1 atom stereocenters. The molecule has 25 heavy (non-hydrogen) atoms. The Labute approximate surface area is 144 Å². The largest absolute Gasteiger partial charge is 0.455 e. The Morgan fingerprint density at radius 2 is 2.04 bits per heavy atom. The van der Waals surface area contributed by atoms with Crippen LogP contribution in [0.1, 0.15) is 13.3 Å². The monoisotopic (exact) mass is 345 g/mol. The van der Waals surface area contributed by atoms with Gasteiger partial charge in [0.25, 0.3) is 5.91 Å². The quantitative estimate of drug-likeness (QED) is 0.796. The second kappa shape index (κ2) is 6.92. The lowest BCUT2D eigenvalue weighted by Gasteiger charge is -2.29. The van der Waals surface area contributed by atoms with Crippen LogP contribution in [0.5, 0.6) is 0 Å². The van der Waals surface area contributed by atoms with Gasteiger partial charge in [-0.25, -0.2) is 0 Å². The number of para-hydroxylation sites is 2. The van der Waals surface area contributed by atoms with Crippen molar-refractivity contribution in [1.29, 1.82) is 0 Å². The summed E-state index contributed by atoms with van der Waals surface area (Å²) in [7, 11) is 0. The summed E-state index contributed by atoms with van der Waals surface area (Å²) in [6.07, 6.45) is 0.107. The number of rotatable bonds is 4. The Morgan fingerprint density at radius 3 is 2.76 bits per heavy atom. The van der Waals surface area contributed by atoms with Crippen molar-refractivity contribution in [2.75, 3.05) is 36.5 Å². The molecule has 0 bridgehead atoms. The van der Waals surface area contributed by atoms with Crippen LogP contribution >= 0.6 is 0 Å². The molecule has 1 N–H and O–H groups in total. The number of fused-ring (bicyclic) bond motifs is 1. The Bertz CT molecular complexity index is 733. The van der Waals surface area contributed by atoms with Crippen LogP contribution in [0.4, 0.5) is 11.4 Å². The van der Waals surface area contributed by atoms with E-state index in [4.69, 9.17) is 4.74 Å². The van der Waals surface area contributed by atoms with E-state index in [1.165, 1.54) is 4.90 Å². The number of carbonyl (C=O) groups excluding carboxylic acids is 4. The number of hydrogen-bond acceptors (Lipinski definition) is 5. The Kier molecular flexibility index (Phi) is 4.69. The van der Waals surface area contributed by atoms with E-state index in [0.717, 1.165) is 0 Å². The number of ether oxygens (including phenoxy) is 1. The summed E-state index contributed by atoms with van der Waals surface area (Å²) in [5.41, 5.74) is 1.11. The second-order valence-corrected chi connectivity index (χ2v) is 5.99. The molecule has 0 aliphatic carbocycles. The molecule has 2 heterocycles. The van der Waals surface area contributed by atoms with Gasteiger partial charge < -0.3 is 15.0 Å². The number of nitrogens with zero attached hydrogens (tertiary/aromatic N) is 2. The van der Waals surface area contributed by atoms with Crippen LogP contribution in [0.25, 0.3) is 0 Å². The second-order valence-electron chi connectivity index (χ2n) is 5.99. The molecule has 2 aliphatic heterocycles. The summed E-state index contributed by atoms with van der Waals surface area (Å²) < 4.78 is 5.09. The van der Waals surface area contributed by atoms with E-state index in [9.17, 15) is 19.2 Å². The van der Waals surface area contributed by atoms with E-state index >= 15 is 0 Å². The smallest absolute Gasteiger partial charge is 0.311 e. The van der Waals surface area contributed by atoms with Gasteiger partial charge in [0.15, 0.2) is 6.61 Å². The molecule has 0 radical (unpaired) electrons. The van der Waals surface area contributed by atoms with Gasteiger partial charge in [0.2, 0.25) is 11.8 Å². The normalized spacial score (nSPS) is 19.5. The molecule has 8 nitrogen and oxygen atoms in total.